The fraction of sp³-hybridized carbons (Fsp3) is 0.409. The molecule has 180 valence electrons. The minimum Gasteiger partial charge on any atom is -0.481 e. The molecule has 0 bridgehead atoms. The van der Waals surface area contributed by atoms with Gasteiger partial charge in [-0.1, -0.05) is 30.3 Å². The molecule has 34 heavy (non-hydrogen) atoms. The Bertz CT molecular complexity index is 1140. The van der Waals surface area contributed by atoms with E-state index in [0.717, 1.165) is 5.56 Å². The van der Waals surface area contributed by atoms with Gasteiger partial charge in [0.2, 0.25) is 5.91 Å². The third-order valence-electron chi connectivity index (χ3n) is 5.57. The van der Waals surface area contributed by atoms with Gasteiger partial charge >= 0.3 is 5.97 Å². The summed E-state index contributed by atoms with van der Waals surface area (Å²) in [6, 6.07) is 9.80. The highest BCUT2D eigenvalue weighted by atomic mass is 16.6. The SMILES string of the molecule is O=C(O)CCCC(=O)NC[C@H]1OC(n2cnc3c(NCc4ccccc4)ncnc32)[C@H](O)[C@@H]1O. The number of benzene rings is 1. The monoisotopic (exact) mass is 470 g/mol. The number of carboxylic acid groups (broad SMARTS) is 1. The standard InChI is InChI=1S/C22H26N6O6/c29-15(7-4-8-16(30)31)23-10-14-18(32)19(33)22(34-14)28-12-27-17-20(25-11-26-21(17)28)24-9-13-5-2-1-3-6-13/h1-3,5-6,11-12,14,18-19,22,32-33H,4,7-10H2,(H,23,29)(H,30,31)(H,24,25,26)/t14-,18-,19-,22?/m1/s1. The normalized spacial score (nSPS) is 22.1. The van der Waals surface area contributed by atoms with Crippen LogP contribution in [0.2, 0.25) is 0 Å². The lowest BCUT2D eigenvalue weighted by atomic mass is 10.1. The first-order chi connectivity index (χ1) is 16.4. The highest BCUT2D eigenvalue weighted by molar-refractivity contribution is 5.82. The van der Waals surface area contributed by atoms with E-state index in [1.165, 1.54) is 17.2 Å². The Labute approximate surface area is 194 Å². The maximum absolute atomic E-state index is 11.9. The molecule has 0 radical (unpaired) electrons. The van der Waals surface area contributed by atoms with E-state index in [4.69, 9.17) is 9.84 Å². The fourth-order valence-electron chi connectivity index (χ4n) is 3.78. The number of carboxylic acids is 1. The second-order valence-electron chi connectivity index (χ2n) is 7.98. The van der Waals surface area contributed by atoms with Gasteiger partial charge in [-0.3, -0.25) is 14.2 Å². The number of nitrogens with one attached hydrogen (secondary N) is 2. The summed E-state index contributed by atoms with van der Waals surface area (Å²) >= 11 is 0. The molecule has 3 aromatic rings. The largest absolute Gasteiger partial charge is 0.481 e. The van der Waals surface area contributed by atoms with Gasteiger partial charge in [-0.15, -0.1) is 0 Å². The molecule has 1 aliphatic rings. The number of nitrogens with zero attached hydrogens (tertiary/aromatic N) is 4. The van der Waals surface area contributed by atoms with Crippen molar-refractivity contribution in [3.8, 4) is 0 Å². The van der Waals surface area contributed by atoms with E-state index in [1.807, 2.05) is 30.3 Å². The molecule has 4 atom stereocenters. The first-order valence-corrected chi connectivity index (χ1v) is 10.9. The average molecular weight is 470 g/mol. The van der Waals surface area contributed by atoms with E-state index in [0.29, 0.717) is 23.5 Å². The first-order valence-electron chi connectivity index (χ1n) is 10.9. The van der Waals surface area contributed by atoms with Gasteiger partial charge in [0.1, 0.15) is 24.6 Å². The Morgan fingerprint density at radius 2 is 1.85 bits per heavy atom. The van der Waals surface area contributed by atoms with E-state index in [9.17, 15) is 19.8 Å². The van der Waals surface area contributed by atoms with Crippen LogP contribution in [-0.2, 0) is 20.9 Å². The molecule has 0 spiro atoms. The lowest BCUT2D eigenvalue weighted by Gasteiger charge is -2.16. The van der Waals surface area contributed by atoms with E-state index < -0.39 is 30.5 Å². The predicted molar refractivity (Wildman–Crippen MR) is 120 cm³/mol. The minimum absolute atomic E-state index is 0.0356. The second-order valence-corrected chi connectivity index (χ2v) is 7.98. The number of anilines is 1. The number of imidazole rings is 1. The lowest BCUT2D eigenvalue weighted by molar-refractivity contribution is -0.137. The summed E-state index contributed by atoms with van der Waals surface area (Å²) in [5.41, 5.74) is 1.97. The summed E-state index contributed by atoms with van der Waals surface area (Å²) in [6.45, 7) is 0.501. The zero-order valence-corrected chi connectivity index (χ0v) is 18.2. The van der Waals surface area contributed by atoms with Crippen LogP contribution < -0.4 is 10.6 Å². The summed E-state index contributed by atoms with van der Waals surface area (Å²) in [6.07, 6.45) is -1.37. The van der Waals surface area contributed by atoms with Gasteiger partial charge in [-0.05, 0) is 12.0 Å². The summed E-state index contributed by atoms with van der Waals surface area (Å²) in [4.78, 5) is 35.4. The molecule has 1 unspecified atom stereocenters. The van der Waals surface area contributed by atoms with E-state index in [2.05, 4.69) is 25.6 Å². The zero-order valence-electron chi connectivity index (χ0n) is 18.2. The number of aromatic nitrogens is 4. The lowest BCUT2D eigenvalue weighted by Crippen LogP contribution is -2.39. The van der Waals surface area contributed by atoms with Crippen molar-refractivity contribution < 1.29 is 29.6 Å². The van der Waals surface area contributed by atoms with Crippen LogP contribution in [0.3, 0.4) is 0 Å². The maximum atomic E-state index is 11.9. The van der Waals surface area contributed by atoms with Crippen LogP contribution in [0.15, 0.2) is 43.0 Å². The molecule has 1 amide bonds. The quantitative estimate of drug-likeness (QED) is 0.280. The van der Waals surface area contributed by atoms with Gasteiger partial charge in [0.25, 0.3) is 0 Å². The molecule has 3 heterocycles. The Balaban J connectivity index is 1.41. The van der Waals surface area contributed by atoms with Crippen LogP contribution in [0.25, 0.3) is 11.2 Å². The van der Waals surface area contributed by atoms with Crippen molar-refractivity contribution in [3.05, 3.63) is 48.5 Å². The summed E-state index contributed by atoms with van der Waals surface area (Å²) in [7, 11) is 0. The van der Waals surface area contributed by atoms with E-state index in [-0.39, 0.29) is 31.7 Å². The first kappa shape index (κ1) is 23.5. The molecular weight excluding hydrogens is 444 g/mol. The van der Waals surface area contributed by atoms with Gasteiger partial charge in [0.05, 0.1) is 6.33 Å². The molecule has 4 rings (SSSR count). The highest BCUT2D eigenvalue weighted by Crippen LogP contribution is 2.32. The molecule has 1 aliphatic heterocycles. The second kappa shape index (κ2) is 10.5. The number of carbonyl (C=O) groups is 2. The van der Waals surface area contributed by atoms with Crippen molar-refractivity contribution in [2.75, 3.05) is 11.9 Å². The molecule has 0 saturated carbocycles. The summed E-state index contributed by atoms with van der Waals surface area (Å²) in [5, 5.41) is 35.5. The minimum atomic E-state index is -1.28. The van der Waals surface area contributed by atoms with Gasteiger partial charge < -0.3 is 30.7 Å². The van der Waals surface area contributed by atoms with Crippen LogP contribution in [0.4, 0.5) is 5.82 Å². The van der Waals surface area contributed by atoms with Gasteiger partial charge in [0.15, 0.2) is 23.2 Å². The van der Waals surface area contributed by atoms with Crippen molar-refractivity contribution in [1.29, 1.82) is 0 Å². The molecule has 1 aromatic carbocycles. The van der Waals surface area contributed by atoms with Crippen molar-refractivity contribution in [3.63, 3.8) is 0 Å². The summed E-state index contributed by atoms with van der Waals surface area (Å²) in [5.74, 6) is -0.807. The molecule has 12 nitrogen and oxygen atoms in total. The molecule has 12 heteroatoms. The number of aliphatic hydroxyl groups is 2. The number of aliphatic hydroxyl groups excluding tert-OH is 2. The highest BCUT2D eigenvalue weighted by Gasteiger charge is 2.44. The molecule has 0 aliphatic carbocycles. The Morgan fingerprint density at radius 1 is 1.06 bits per heavy atom. The van der Waals surface area contributed by atoms with Gasteiger partial charge in [-0.2, -0.15) is 0 Å². The molecular formula is C22H26N6O6. The number of ether oxygens (including phenoxy) is 1. The van der Waals surface area contributed by atoms with Crippen molar-refractivity contribution >= 4 is 28.9 Å². The average Bonchev–Trinajstić information content (AvgIpc) is 3.38. The van der Waals surface area contributed by atoms with Crippen LogP contribution >= 0.6 is 0 Å². The maximum Gasteiger partial charge on any atom is 0.303 e. The van der Waals surface area contributed by atoms with Crippen LogP contribution in [0, 0.1) is 0 Å². The van der Waals surface area contributed by atoms with Crippen LogP contribution in [-0.4, -0.2) is 71.6 Å². The predicted octanol–water partition coefficient (Wildman–Crippen LogP) is 0.429. The molecule has 1 fully saturated rings. The molecule has 2 aromatic heterocycles. The number of carbonyl (C=O) groups excluding carboxylic acids is 1. The number of aliphatic carboxylic acids is 1. The van der Waals surface area contributed by atoms with Crippen molar-refractivity contribution in [2.45, 2.75) is 50.3 Å². The van der Waals surface area contributed by atoms with Crippen molar-refractivity contribution in [2.24, 2.45) is 0 Å². The Kier molecular flexibility index (Phi) is 7.30. The van der Waals surface area contributed by atoms with Crippen LogP contribution in [0.5, 0.6) is 0 Å². The summed E-state index contributed by atoms with van der Waals surface area (Å²) < 4.78 is 7.36. The number of hydrogen-bond acceptors (Lipinski definition) is 9. The number of amides is 1. The van der Waals surface area contributed by atoms with E-state index >= 15 is 0 Å². The van der Waals surface area contributed by atoms with Gasteiger partial charge in [-0.25, -0.2) is 15.0 Å². The molecule has 5 N–H and O–H groups in total. The number of fused-ring (bicyclic) bond motifs is 1. The van der Waals surface area contributed by atoms with Crippen LogP contribution in [0.1, 0.15) is 31.1 Å². The fourth-order valence-corrected chi connectivity index (χ4v) is 3.78. The van der Waals surface area contributed by atoms with Gasteiger partial charge in [0, 0.05) is 25.9 Å². The third-order valence-corrected chi connectivity index (χ3v) is 5.57. The molecule has 1 saturated heterocycles. The topological polar surface area (TPSA) is 172 Å². The number of rotatable bonds is 10. The smallest absolute Gasteiger partial charge is 0.303 e. The number of hydrogen-bond donors (Lipinski definition) is 5. The Morgan fingerprint density at radius 3 is 2.62 bits per heavy atom. The zero-order chi connectivity index (χ0) is 24.1. The van der Waals surface area contributed by atoms with Crippen molar-refractivity contribution in [1.82, 2.24) is 24.8 Å². The Hall–Kier alpha value is -3.61. The van der Waals surface area contributed by atoms with E-state index in [1.54, 1.807) is 0 Å². The third kappa shape index (κ3) is 5.30.